The standard InChI is InChI=1S/C22H27F3N2O3/c1-3-26-21(29)14-30-19-9-7-16(8-10-19)11-15(2)27-13-20(28)17-5-4-6-18(12-17)22(23,24)25/h4-10,12,15,20,27-28H,3,11,13-14H2,1-2H3,(H,26,29). The lowest BCUT2D eigenvalue weighted by Crippen LogP contribution is -2.32. The van der Waals surface area contributed by atoms with Crippen molar-refractivity contribution in [1.29, 1.82) is 0 Å². The maximum atomic E-state index is 12.8. The maximum absolute atomic E-state index is 12.8. The third-order valence-corrected chi connectivity index (χ3v) is 4.47. The van der Waals surface area contributed by atoms with Crippen molar-refractivity contribution in [3.8, 4) is 5.75 Å². The van der Waals surface area contributed by atoms with Crippen molar-refractivity contribution in [3.05, 3.63) is 65.2 Å². The largest absolute Gasteiger partial charge is 0.484 e. The van der Waals surface area contributed by atoms with E-state index in [1.54, 1.807) is 12.1 Å². The fourth-order valence-electron chi connectivity index (χ4n) is 2.90. The van der Waals surface area contributed by atoms with Crippen molar-refractivity contribution in [2.45, 2.75) is 38.6 Å². The zero-order valence-corrected chi connectivity index (χ0v) is 17.0. The van der Waals surface area contributed by atoms with E-state index in [4.69, 9.17) is 4.74 Å². The quantitative estimate of drug-likeness (QED) is 0.546. The first-order valence-electron chi connectivity index (χ1n) is 9.76. The van der Waals surface area contributed by atoms with Crippen LogP contribution in [0.3, 0.4) is 0 Å². The molecule has 2 atom stereocenters. The van der Waals surface area contributed by atoms with Gasteiger partial charge in [0.15, 0.2) is 6.61 Å². The number of benzene rings is 2. The Balaban J connectivity index is 1.81. The van der Waals surface area contributed by atoms with Crippen LogP contribution in [0.15, 0.2) is 48.5 Å². The van der Waals surface area contributed by atoms with Gasteiger partial charge in [0, 0.05) is 19.1 Å². The molecule has 3 N–H and O–H groups in total. The molecule has 1 amide bonds. The fourth-order valence-corrected chi connectivity index (χ4v) is 2.90. The zero-order chi connectivity index (χ0) is 22.1. The minimum atomic E-state index is -4.44. The minimum absolute atomic E-state index is 0.00690. The molecule has 2 unspecified atom stereocenters. The first kappa shape index (κ1) is 23.7. The summed E-state index contributed by atoms with van der Waals surface area (Å²) in [6.07, 6.45) is -4.82. The number of carbonyl (C=O) groups excluding carboxylic acids is 1. The van der Waals surface area contributed by atoms with Gasteiger partial charge in [-0.2, -0.15) is 13.2 Å². The maximum Gasteiger partial charge on any atom is 0.416 e. The third-order valence-electron chi connectivity index (χ3n) is 4.47. The molecule has 0 aliphatic heterocycles. The smallest absolute Gasteiger partial charge is 0.416 e. The Kier molecular flexibility index (Phi) is 8.68. The molecule has 5 nitrogen and oxygen atoms in total. The molecule has 0 heterocycles. The van der Waals surface area contributed by atoms with Crippen LogP contribution in [0.1, 0.15) is 36.6 Å². The zero-order valence-electron chi connectivity index (χ0n) is 17.0. The van der Waals surface area contributed by atoms with Gasteiger partial charge in [-0.25, -0.2) is 0 Å². The van der Waals surface area contributed by atoms with E-state index in [1.165, 1.54) is 12.1 Å². The van der Waals surface area contributed by atoms with Gasteiger partial charge in [-0.05, 0) is 55.7 Å². The fraction of sp³-hybridized carbons (Fsp3) is 0.409. The second-order valence-electron chi connectivity index (χ2n) is 7.04. The molecule has 164 valence electrons. The Labute approximate surface area is 174 Å². The normalized spacial score (nSPS) is 13.5. The van der Waals surface area contributed by atoms with Crippen molar-refractivity contribution in [2.24, 2.45) is 0 Å². The number of rotatable bonds is 10. The van der Waals surface area contributed by atoms with E-state index in [1.807, 2.05) is 26.0 Å². The molecule has 8 heteroatoms. The number of halogens is 3. The Morgan fingerprint density at radius 3 is 2.50 bits per heavy atom. The first-order valence-corrected chi connectivity index (χ1v) is 9.76. The summed E-state index contributed by atoms with van der Waals surface area (Å²) in [4.78, 5) is 11.4. The van der Waals surface area contributed by atoms with Crippen LogP contribution in [0.2, 0.25) is 0 Å². The summed E-state index contributed by atoms with van der Waals surface area (Å²) in [5, 5.41) is 16.0. The van der Waals surface area contributed by atoms with E-state index < -0.39 is 17.8 Å². The second-order valence-corrected chi connectivity index (χ2v) is 7.04. The number of aliphatic hydroxyl groups excluding tert-OH is 1. The van der Waals surface area contributed by atoms with E-state index in [0.717, 1.165) is 17.7 Å². The predicted molar refractivity (Wildman–Crippen MR) is 108 cm³/mol. The molecule has 0 saturated carbocycles. The number of carbonyl (C=O) groups is 1. The molecule has 0 radical (unpaired) electrons. The molecular weight excluding hydrogens is 397 g/mol. The molecule has 2 aromatic carbocycles. The van der Waals surface area contributed by atoms with Gasteiger partial charge in [0.05, 0.1) is 11.7 Å². The number of nitrogens with one attached hydrogen (secondary N) is 2. The first-order chi connectivity index (χ1) is 14.2. The van der Waals surface area contributed by atoms with Crippen LogP contribution in [0, 0.1) is 0 Å². The summed E-state index contributed by atoms with van der Waals surface area (Å²) in [5.41, 5.74) is 0.466. The van der Waals surface area contributed by atoms with Crippen LogP contribution in [0.4, 0.5) is 13.2 Å². The number of alkyl halides is 3. The van der Waals surface area contributed by atoms with Gasteiger partial charge in [-0.15, -0.1) is 0 Å². The highest BCUT2D eigenvalue weighted by atomic mass is 19.4. The molecule has 0 aliphatic carbocycles. The Morgan fingerprint density at radius 2 is 1.87 bits per heavy atom. The molecule has 2 aromatic rings. The molecule has 0 aliphatic rings. The van der Waals surface area contributed by atoms with Gasteiger partial charge < -0.3 is 20.5 Å². The van der Waals surface area contributed by atoms with Crippen molar-refractivity contribution < 1.29 is 27.8 Å². The average molecular weight is 424 g/mol. The van der Waals surface area contributed by atoms with Crippen LogP contribution in [0.5, 0.6) is 5.75 Å². The molecule has 0 aromatic heterocycles. The Hall–Kier alpha value is -2.58. The van der Waals surface area contributed by atoms with Crippen molar-refractivity contribution in [1.82, 2.24) is 10.6 Å². The van der Waals surface area contributed by atoms with Crippen LogP contribution >= 0.6 is 0 Å². The summed E-state index contributed by atoms with van der Waals surface area (Å²) in [7, 11) is 0. The summed E-state index contributed by atoms with van der Waals surface area (Å²) in [5.74, 6) is 0.407. The number of hydrogen-bond acceptors (Lipinski definition) is 4. The summed E-state index contributed by atoms with van der Waals surface area (Å²) in [6.45, 7) is 4.40. The van der Waals surface area contributed by atoms with Gasteiger partial charge in [-0.3, -0.25) is 4.79 Å². The van der Waals surface area contributed by atoms with E-state index in [2.05, 4.69) is 10.6 Å². The molecule has 30 heavy (non-hydrogen) atoms. The molecule has 0 fully saturated rings. The van der Waals surface area contributed by atoms with Gasteiger partial charge in [-0.1, -0.05) is 24.3 Å². The SMILES string of the molecule is CCNC(=O)COc1ccc(CC(C)NCC(O)c2cccc(C(F)(F)F)c2)cc1. The van der Waals surface area contributed by atoms with Gasteiger partial charge >= 0.3 is 6.18 Å². The van der Waals surface area contributed by atoms with Gasteiger partial charge in [0.1, 0.15) is 5.75 Å². The highest BCUT2D eigenvalue weighted by molar-refractivity contribution is 5.77. The van der Waals surface area contributed by atoms with E-state index in [9.17, 15) is 23.1 Å². The van der Waals surface area contributed by atoms with Crippen LogP contribution < -0.4 is 15.4 Å². The topological polar surface area (TPSA) is 70.6 Å². The van der Waals surface area contributed by atoms with Crippen LogP contribution in [0.25, 0.3) is 0 Å². The van der Waals surface area contributed by atoms with E-state index in [0.29, 0.717) is 18.7 Å². The molecular formula is C22H27F3N2O3. The monoisotopic (exact) mass is 424 g/mol. The van der Waals surface area contributed by atoms with Crippen LogP contribution in [-0.4, -0.2) is 36.8 Å². The average Bonchev–Trinajstić information content (AvgIpc) is 2.71. The molecule has 0 bridgehead atoms. The molecule has 2 rings (SSSR count). The van der Waals surface area contributed by atoms with Crippen LogP contribution in [-0.2, 0) is 17.4 Å². The number of aliphatic hydroxyl groups is 1. The lowest BCUT2D eigenvalue weighted by atomic mass is 10.0. The molecule has 0 spiro atoms. The molecule has 0 saturated heterocycles. The van der Waals surface area contributed by atoms with E-state index >= 15 is 0 Å². The van der Waals surface area contributed by atoms with E-state index in [-0.39, 0.29) is 30.7 Å². The van der Waals surface area contributed by atoms with Crippen molar-refractivity contribution in [3.63, 3.8) is 0 Å². The van der Waals surface area contributed by atoms with Crippen molar-refractivity contribution in [2.75, 3.05) is 19.7 Å². The predicted octanol–water partition coefficient (Wildman–Crippen LogP) is 3.47. The third kappa shape index (κ3) is 7.68. The minimum Gasteiger partial charge on any atom is -0.484 e. The highest BCUT2D eigenvalue weighted by Crippen LogP contribution is 2.30. The highest BCUT2D eigenvalue weighted by Gasteiger charge is 2.30. The van der Waals surface area contributed by atoms with Gasteiger partial charge in [0.25, 0.3) is 5.91 Å². The summed E-state index contributed by atoms with van der Waals surface area (Å²) >= 11 is 0. The lowest BCUT2D eigenvalue weighted by Gasteiger charge is -2.18. The number of likely N-dealkylation sites (N-methyl/N-ethyl adjacent to an activating group) is 1. The summed E-state index contributed by atoms with van der Waals surface area (Å²) < 4.78 is 43.8. The Bertz CT molecular complexity index is 810. The lowest BCUT2D eigenvalue weighted by molar-refractivity contribution is -0.137. The number of ether oxygens (including phenoxy) is 1. The Morgan fingerprint density at radius 1 is 1.17 bits per heavy atom. The number of amides is 1. The number of hydrogen-bond donors (Lipinski definition) is 3. The summed E-state index contributed by atoms with van der Waals surface area (Å²) in [6, 6.07) is 12.0. The van der Waals surface area contributed by atoms with Gasteiger partial charge in [0.2, 0.25) is 0 Å². The van der Waals surface area contributed by atoms with Crippen molar-refractivity contribution >= 4 is 5.91 Å². The second kappa shape index (κ2) is 11.0.